The standard InChI is InChI=1S/C11H9ClN4O2S/c1-13-10-9(16(17)18)11(15-6-14-10)19-8-4-2-7(12)3-5-8/h2-6H,1H3,(H,13,14,15). The van der Waals surface area contributed by atoms with Crippen LogP contribution in [-0.2, 0) is 0 Å². The van der Waals surface area contributed by atoms with Crippen molar-refractivity contribution in [3.63, 3.8) is 0 Å². The third kappa shape index (κ3) is 3.12. The summed E-state index contributed by atoms with van der Waals surface area (Å²) in [6, 6.07) is 6.99. The summed E-state index contributed by atoms with van der Waals surface area (Å²) in [7, 11) is 1.58. The molecule has 98 valence electrons. The van der Waals surface area contributed by atoms with Crippen molar-refractivity contribution in [2.24, 2.45) is 0 Å². The molecule has 0 saturated carbocycles. The van der Waals surface area contributed by atoms with E-state index in [1.807, 2.05) is 0 Å². The second-order valence-corrected chi connectivity index (χ2v) is 4.94. The van der Waals surface area contributed by atoms with Gasteiger partial charge in [0.15, 0.2) is 5.03 Å². The summed E-state index contributed by atoms with van der Waals surface area (Å²) in [6.45, 7) is 0. The van der Waals surface area contributed by atoms with Gasteiger partial charge >= 0.3 is 5.69 Å². The highest BCUT2D eigenvalue weighted by atomic mass is 35.5. The van der Waals surface area contributed by atoms with Crippen LogP contribution < -0.4 is 5.32 Å². The molecule has 0 radical (unpaired) electrons. The Morgan fingerprint density at radius 3 is 2.58 bits per heavy atom. The second-order valence-electron chi connectivity index (χ2n) is 3.44. The Morgan fingerprint density at radius 1 is 1.32 bits per heavy atom. The third-order valence-corrected chi connectivity index (χ3v) is 3.49. The van der Waals surface area contributed by atoms with Crippen LogP contribution in [0.1, 0.15) is 0 Å². The molecule has 0 aliphatic heterocycles. The van der Waals surface area contributed by atoms with E-state index >= 15 is 0 Å². The Kier molecular flexibility index (Phi) is 4.18. The van der Waals surface area contributed by atoms with Gasteiger partial charge in [-0.3, -0.25) is 10.1 Å². The molecular weight excluding hydrogens is 288 g/mol. The monoisotopic (exact) mass is 296 g/mol. The summed E-state index contributed by atoms with van der Waals surface area (Å²) in [5, 5.41) is 14.7. The molecule has 8 heteroatoms. The second kappa shape index (κ2) is 5.85. The third-order valence-electron chi connectivity index (χ3n) is 2.24. The maximum Gasteiger partial charge on any atom is 0.343 e. The number of benzene rings is 1. The Labute approximate surface area is 118 Å². The van der Waals surface area contributed by atoms with Crippen molar-refractivity contribution in [3.05, 3.63) is 45.7 Å². The molecule has 0 atom stereocenters. The van der Waals surface area contributed by atoms with Crippen molar-refractivity contribution in [1.82, 2.24) is 9.97 Å². The molecule has 0 amide bonds. The number of nitro groups is 1. The normalized spacial score (nSPS) is 10.2. The topological polar surface area (TPSA) is 81.0 Å². The zero-order valence-electron chi connectivity index (χ0n) is 9.83. The number of hydrogen-bond acceptors (Lipinski definition) is 6. The predicted molar refractivity (Wildman–Crippen MR) is 73.8 cm³/mol. The average molecular weight is 297 g/mol. The SMILES string of the molecule is CNc1ncnc(Sc2ccc(Cl)cc2)c1[N+](=O)[O-]. The van der Waals surface area contributed by atoms with E-state index in [1.165, 1.54) is 18.1 Å². The number of anilines is 1. The molecule has 1 aromatic heterocycles. The maximum atomic E-state index is 11.1. The Hall–Kier alpha value is -1.86. The van der Waals surface area contributed by atoms with E-state index in [4.69, 9.17) is 11.6 Å². The van der Waals surface area contributed by atoms with E-state index in [-0.39, 0.29) is 16.5 Å². The van der Waals surface area contributed by atoms with Gasteiger partial charge in [-0.05, 0) is 24.3 Å². The van der Waals surface area contributed by atoms with Crippen molar-refractivity contribution in [3.8, 4) is 0 Å². The summed E-state index contributed by atoms with van der Waals surface area (Å²) in [6.07, 6.45) is 1.29. The molecule has 1 heterocycles. The first-order chi connectivity index (χ1) is 9.11. The maximum absolute atomic E-state index is 11.1. The van der Waals surface area contributed by atoms with Crippen LogP contribution in [0.5, 0.6) is 0 Å². The van der Waals surface area contributed by atoms with Crippen LogP contribution in [0, 0.1) is 10.1 Å². The van der Waals surface area contributed by atoms with Crippen LogP contribution in [0.4, 0.5) is 11.5 Å². The first-order valence-corrected chi connectivity index (χ1v) is 6.42. The van der Waals surface area contributed by atoms with Gasteiger partial charge in [-0.1, -0.05) is 23.4 Å². The molecule has 0 unspecified atom stereocenters. The lowest BCUT2D eigenvalue weighted by Crippen LogP contribution is -2.02. The van der Waals surface area contributed by atoms with Gasteiger partial charge in [-0.2, -0.15) is 0 Å². The van der Waals surface area contributed by atoms with Gasteiger partial charge in [0.05, 0.1) is 4.92 Å². The zero-order valence-corrected chi connectivity index (χ0v) is 11.4. The number of halogens is 1. The Bertz CT molecular complexity index is 606. The number of nitrogens with zero attached hydrogens (tertiary/aromatic N) is 3. The summed E-state index contributed by atoms with van der Waals surface area (Å²) >= 11 is 6.98. The molecule has 0 aliphatic rings. The van der Waals surface area contributed by atoms with Crippen molar-refractivity contribution in [2.45, 2.75) is 9.92 Å². The smallest absolute Gasteiger partial charge is 0.343 e. The molecule has 2 aromatic rings. The van der Waals surface area contributed by atoms with E-state index in [1.54, 1.807) is 31.3 Å². The number of nitrogens with one attached hydrogen (secondary N) is 1. The largest absolute Gasteiger partial charge is 0.367 e. The molecule has 0 bridgehead atoms. The van der Waals surface area contributed by atoms with Crippen LogP contribution in [-0.4, -0.2) is 21.9 Å². The lowest BCUT2D eigenvalue weighted by atomic mass is 10.4. The highest BCUT2D eigenvalue weighted by Gasteiger charge is 2.22. The molecule has 0 saturated heterocycles. The number of hydrogen-bond donors (Lipinski definition) is 1. The predicted octanol–water partition coefficient (Wildman–Crippen LogP) is 3.23. The lowest BCUT2D eigenvalue weighted by molar-refractivity contribution is -0.387. The van der Waals surface area contributed by atoms with Crippen LogP contribution in [0.2, 0.25) is 5.02 Å². The minimum atomic E-state index is -0.496. The summed E-state index contributed by atoms with van der Waals surface area (Å²) in [5.41, 5.74) is -0.134. The number of aromatic nitrogens is 2. The van der Waals surface area contributed by atoms with Gasteiger partial charge in [-0.25, -0.2) is 9.97 Å². The highest BCUT2D eigenvalue weighted by Crippen LogP contribution is 2.36. The fraction of sp³-hybridized carbons (Fsp3) is 0.0909. The Morgan fingerprint density at radius 2 is 2.00 bits per heavy atom. The molecule has 0 spiro atoms. The molecule has 2 rings (SSSR count). The molecule has 0 fully saturated rings. The Balaban J connectivity index is 2.39. The van der Waals surface area contributed by atoms with Gasteiger partial charge in [-0.15, -0.1) is 0 Å². The molecule has 0 aliphatic carbocycles. The first-order valence-electron chi connectivity index (χ1n) is 5.22. The summed E-state index contributed by atoms with van der Waals surface area (Å²) in [4.78, 5) is 19.2. The minimum Gasteiger partial charge on any atom is -0.367 e. The van der Waals surface area contributed by atoms with Crippen molar-refractivity contribution < 1.29 is 4.92 Å². The van der Waals surface area contributed by atoms with Crippen LogP contribution in [0.3, 0.4) is 0 Å². The van der Waals surface area contributed by atoms with Crippen molar-refractivity contribution >= 4 is 34.9 Å². The molecule has 1 N–H and O–H groups in total. The average Bonchev–Trinajstić information content (AvgIpc) is 2.40. The van der Waals surface area contributed by atoms with Crippen LogP contribution in [0.25, 0.3) is 0 Å². The van der Waals surface area contributed by atoms with Gasteiger partial charge in [0, 0.05) is 17.0 Å². The van der Waals surface area contributed by atoms with Gasteiger partial charge in [0.1, 0.15) is 6.33 Å². The van der Waals surface area contributed by atoms with Gasteiger partial charge in [0.2, 0.25) is 5.82 Å². The van der Waals surface area contributed by atoms with Crippen molar-refractivity contribution in [1.29, 1.82) is 0 Å². The zero-order chi connectivity index (χ0) is 13.8. The van der Waals surface area contributed by atoms with E-state index < -0.39 is 4.92 Å². The molecular formula is C11H9ClN4O2S. The van der Waals surface area contributed by atoms with Gasteiger partial charge in [0.25, 0.3) is 0 Å². The van der Waals surface area contributed by atoms with E-state index in [0.717, 1.165) is 4.90 Å². The minimum absolute atomic E-state index is 0.134. The molecule has 19 heavy (non-hydrogen) atoms. The van der Waals surface area contributed by atoms with Crippen LogP contribution >= 0.6 is 23.4 Å². The fourth-order valence-electron chi connectivity index (χ4n) is 1.40. The molecule has 1 aromatic carbocycles. The quantitative estimate of drug-likeness (QED) is 0.530. The van der Waals surface area contributed by atoms with E-state index in [2.05, 4.69) is 15.3 Å². The van der Waals surface area contributed by atoms with E-state index in [9.17, 15) is 10.1 Å². The van der Waals surface area contributed by atoms with Crippen molar-refractivity contribution in [2.75, 3.05) is 12.4 Å². The molecule has 6 nitrogen and oxygen atoms in total. The fourth-order valence-corrected chi connectivity index (χ4v) is 2.39. The number of rotatable bonds is 4. The van der Waals surface area contributed by atoms with Gasteiger partial charge < -0.3 is 5.32 Å². The highest BCUT2D eigenvalue weighted by molar-refractivity contribution is 7.99. The summed E-state index contributed by atoms with van der Waals surface area (Å²) in [5.74, 6) is 0.191. The summed E-state index contributed by atoms with van der Waals surface area (Å²) < 4.78 is 0. The van der Waals surface area contributed by atoms with E-state index in [0.29, 0.717) is 5.02 Å². The van der Waals surface area contributed by atoms with Crippen LogP contribution in [0.15, 0.2) is 40.5 Å². The lowest BCUT2D eigenvalue weighted by Gasteiger charge is -2.05. The first kappa shape index (κ1) is 13.6.